The zero-order valence-corrected chi connectivity index (χ0v) is 16.0. The molecular weight excluding hydrogens is 340 g/mol. The summed E-state index contributed by atoms with van der Waals surface area (Å²) in [4.78, 5) is 24.3. The summed E-state index contributed by atoms with van der Waals surface area (Å²) < 4.78 is 5.43. The van der Waals surface area contributed by atoms with Crippen LogP contribution in [-0.2, 0) is 17.7 Å². The third-order valence-electron chi connectivity index (χ3n) is 5.43. The van der Waals surface area contributed by atoms with Crippen molar-refractivity contribution in [3.63, 3.8) is 0 Å². The highest BCUT2D eigenvalue weighted by Gasteiger charge is 2.32. The van der Waals surface area contributed by atoms with Crippen LogP contribution in [0.15, 0.2) is 35.1 Å². The largest absolute Gasteiger partial charge is 0.379 e. The second kappa shape index (κ2) is 8.33. The van der Waals surface area contributed by atoms with Crippen LogP contribution in [-0.4, -0.2) is 65.2 Å². The van der Waals surface area contributed by atoms with Crippen LogP contribution in [0.25, 0.3) is 11.4 Å². The average molecular weight is 368 g/mol. The van der Waals surface area contributed by atoms with E-state index in [9.17, 15) is 4.79 Å². The number of rotatable bonds is 6. The molecule has 2 aromatic rings. The lowest BCUT2D eigenvalue weighted by molar-refractivity contribution is -0.0344. The van der Waals surface area contributed by atoms with Crippen molar-refractivity contribution in [2.45, 2.75) is 32.4 Å². The number of hydrogen-bond acceptors (Lipinski definition) is 5. The summed E-state index contributed by atoms with van der Waals surface area (Å²) in [5.41, 5.74) is 3.03. The summed E-state index contributed by atoms with van der Waals surface area (Å²) in [6.45, 7) is 9.20. The highest BCUT2D eigenvalue weighted by Crippen LogP contribution is 2.21. The standard InChI is InChI=1S/C21H28N4O2/c1-2-3-18-12-20(26)23-21(22-18)17-6-4-16(5-7-17)13-24-14-19(15-24)25-8-10-27-11-9-25/h4-7,12,19H,2-3,8-11,13-15H2,1H3,(H,22,23,26). The van der Waals surface area contributed by atoms with Gasteiger partial charge in [0.25, 0.3) is 5.56 Å². The van der Waals surface area contributed by atoms with Crippen LogP contribution in [0.5, 0.6) is 0 Å². The van der Waals surface area contributed by atoms with Crippen molar-refractivity contribution >= 4 is 0 Å². The maximum absolute atomic E-state index is 11.9. The quantitative estimate of drug-likeness (QED) is 0.844. The van der Waals surface area contributed by atoms with E-state index in [-0.39, 0.29) is 5.56 Å². The van der Waals surface area contributed by atoms with Crippen LogP contribution in [0.4, 0.5) is 0 Å². The van der Waals surface area contributed by atoms with Gasteiger partial charge in [0.15, 0.2) is 0 Å². The van der Waals surface area contributed by atoms with E-state index >= 15 is 0 Å². The number of morpholine rings is 1. The Kier molecular flexibility index (Phi) is 5.66. The van der Waals surface area contributed by atoms with Gasteiger partial charge < -0.3 is 9.72 Å². The van der Waals surface area contributed by atoms with Gasteiger partial charge in [-0.2, -0.15) is 0 Å². The molecule has 2 aliphatic rings. The molecule has 3 heterocycles. The Hall–Kier alpha value is -2.02. The lowest BCUT2D eigenvalue weighted by Gasteiger charge is -2.46. The first-order chi connectivity index (χ1) is 13.2. The summed E-state index contributed by atoms with van der Waals surface area (Å²) in [5, 5.41) is 0. The fraction of sp³-hybridized carbons (Fsp3) is 0.524. The number of H-pyrrole nitrogens is 1. The van der Waals surface area contributed by atoms with Gasteiger partial charge in [-0.15, -0.1) is 0 Å². The Morgan fingerprint density at radius 2 is 1.93 bits per heavy atom. The molecule has 2 fully saturated rings. The van der Waals surface area contributed by atoms with Crippen LogP contribution >= 0.6 is 0 Å². The predicted molar refractivity (Wildman–Crippen MR) is 106 cm³/mol. The Balaban J connectivity index is 1.35. The molecule has 4 rings (SSSR count). The number of nitrogens with one attached hydrogen (secondary N) is 1. The van der Waals surface area contributed by atoms with Gasteiger partial charge in [-0.25, -0.2) is 4.98 Å². The molecule has 6 nitrogen and oxygen atoms in total. The third-order valence-corrected chi connectivity index (χ3v) is 5.43. The van der Waals surface area contributed by atoms with E-state index in [1.807, 2.05) is 0 Å². The van der Waals surface area contributed by atoms with E-state index in [0.29, 0.717) is 11.9 Å². The maximum atomic E-state index is 11.9. The van der Waals surface area contributed by atoms with E-state index in [2.05, 4.69) is 51.0 Å². The first-order valence-corrected chi connectivity index (χ1v) is 9.95. The Morgan fingerprint density at radius 3 is 2.63 bits per heavy atom. The Bertz CT molecular complexity index is 806. The molecule has 0 saturated carbocycles. The summed E-state index contributed by atoms with van der Waals surface area (Å²) >= 11 is 0. The van der Waals surface area contributed by atoms with Gasteiger partial charge in [0.05, 0.1) is 13.2 Å². The number of aromatic amines is 1. The van der Waals surface area contributed by atoms with Gasteiger partial charge in [-0.1, -0.05) is 37.6 Å². The van der Waals surface area contributed by atoms with Crippen LogP contribution in [0.2, 0.25) is 0 Å². The molecule has 144 valence electrons. The summed E-state index contributed by atoms with van der Waals surface area (Å²) in [6, 6.07) is 10.7. The Morgan fingerprint density at radius 1 is 1.19 bits per heavy atom. The molecule has 2 aliphatic heterocycles. The predicted octanol–water partition coefficient (Wildman–Crippen LogP) is 1.91. The second-order valence-corrected chi connectivity index (χ2v) is 7.53. The number of aromatic nitrogens is 2. The highest BCUT2D eigenvalue weighted by atomic mass is 16.5. The zero-order chi connectivity index (χ0) is 18.6. The molecule has 1 aromatic heterocycles. The van der Waals surface area contributed by atoms with Crippen molar-refractivity contribution in [1.29, 1.82) is 0 Å². The monoisotopic (exact) mass is 368 g/mol. The fourth-order valence-corrected chi connectivity index (χ4v) is 3.90. The second-order valence-electron chi connectivity index (χ2n) is 7.53. The van der Waals surface area contributed by atoms with E-state index in [0.717, 1.165) is 70.0 Å². The summed E-state index contributed by atoms with van der Waals surface area (Å²) in [7, 11) is 0. The average Bonchev–Trinajstić information content (AvgIpc) is 2.65. The number of benzene rings is 1. The normalized spacial score (nSPS) is 19.1. The molecule has 0 amide bonds. The van der Waals surface area contributed by atoms with Gasteiger partial charge in [-0.3, -0.25) is 14.6 Å². The van der Waals surface area contributed by atoms with Crippen molar-refractivity contribution in [2.75, 3.05) is 39.4 Å². The molecule has 0 bridgehead atoms. The minimum absolute atomic E-state index is 0.0812. The zero-order valence-electron chi connectivity index (χ0n) is 16.0. The molecule has 2 saturated heterocycles. The SMILES string of the molecule is CCCc1cc(=O)[nH]c(-c2ccc(CN3CC(N4CCOCC4)C3)cc2)n1. The molecule has 0 unspecified atom stereocenters. The van der Waals surface area contributed by atoms with Crippen molar-refractivity contribution in [3.8, 4) is 11.4 Å². The number of ether oxygens (including phenoxy) is 1. The first kappa shape index (κ1) is 18.3. The van der Waals surface area contributed by atoms with E-state index in [4.69, 9.17) is 4.74 Å². The third kappa shape index (κ3) is 4.46. The van der Waals surface area contributed by atoms with Gasteiger partial charge in [0.2, 0.25) is 0 Å². The molecule has 1 N–H and O–H groups in total. The number of nitrogens with zero attached hydrogens (tertiary/aromatic N) is 3. The molecule has 1 aromatic carbocycles. The molecular formula is C21H28N4O2. The number of likely N-dealkylation sites (tertiary alicyclic amines) is 1. The van der Waals surface area contributed by atoms with Crippen molar-refractivity contribution in [2.24, 2.45) is 0 Å². The van der Waals surface area contributed by atoms with Gasteiger partial charge >= 0.3 is 0 Å². The van der Waals surface area contributed by atoms with Gasteiger partial charge in [-0.05, 0) is 12.0 Å². The van der Waals surface area contributed by atoms with Gasteiger partial charge in [0.1, 0.15) is 5.82 Å². The minimum Gasteiger partial charge on any atom is -0.379 e. The van der Waals surface area contributed by atoms with Crippen LogP contribution in [0.1, 0.15) is 24.6 Å². The highest BCUT2D eigenvalue weighted by molar-refractivity contribution is 5.55. The topological polar surface area (TPSA) is 61.5 Å². The van der Waals surface area contributed by atoms with E-state index < -0.39 is 0 Å². The van der Waals surface area contributed by atoms with E-state index in [1.54, 1.807) is 6.07 Å². The number of aryl methyl sites for hydroxylation is 1. The lowest BCUT2D eigenvalue weighted by atomic mass is 10.0. The molecule has 0 radical (unpaired) electrons. The molecule has 0 spiro atoms. The lowest BCUT2D eigenvalue weighted by Crippen LogP contribution is -2.60. The smallest absolute Gasteiger partial charge is 0.251 e. The van der Waals surface area contributed by atoms with Crippen molar-refractivity contribution in [1.82, 2.24) is 19.8 Å². The molecule has 0 atom stereocenters. The maximum Gasteiger partial charge on any atom is 0.251 e. The minimum atomic E-state index is -0.0812. The molecule has 0 aliphatic carbocycles. The van der Waals surface area contributed by atoms with Crippen LogP contribution in [0.3, 0.4) is 0 Å². The first-order valence-electron chi connectivity index (χ1n) is 9.95. The fourth-order valence-electron chi connectivity index (χ4n) is 3.90. The molecule has 6 heteroatoms. The van der Waals surface area contributed by atoms with E-state index in [1.165, 1.54) is 5.56 Å². The Labute approximate surface area is 160 Å². The van der Waals surface area contributed by atoms with Crippen molar-refractivity contribution < 1.29 is 4.74 Å². The summed E-state index contributed by atoms with van der Waals surface area (Å²) in [6.07, 6.45) is 1.81. The van der Waals surface area contributed by atoms with Crippen LogP contribution < -0.4 is 5.56 Å². The summed E-state index contributed by atoms with van der Waals surface area (Å²) in [5.74, 6) is 0.661. The van der Waals surface area contributed by atoms with Crippen LogP contribution in [0, 0.1) is 0 Å². The van der Waals surface area contributed by atoms with Crippen molar-refractivity contribution in [3.05, 3.63) is 51.9 Å². The number of hydrogen-bond donors (Lipinski definition) is 1. The molecule has 27 heavy (non-hydrogen) atoms. The van der Waals surface area contributed by atoms with Gasteiger partial charge in [0, 0.05) is 56.1 Å².